The molecule has 0 spiro atoms. The van der Waals surface area contributed by atoms with E-state index in [4.69, 9.17) is 14.2 Å². The van der Waals surface area contributed by atoms with Crippen LogP contribution in [0.25, 0.3) is 0 Å². The van der Waals surface area contributed by atoms with E-state index in [1.807, 2.05) is 66.7 Å². The molecule has 0 unspecified atom stereocenters. The minimum absolute atomic E-state index is 0.230. The molecule has 3 aromatic carbocycles. The maximum absolute atomic E-state index is 10.7. The summed E-state index contributed by atoms with van der Waals surface area (Å²) in [6.45, 7) is 4.53. The minimum atomic E-state index is -0.599. The SMILES string of the molecule is CCN(Cc1ccccc1)C[C@H](O)COC(c1ccc(OC)cc1)c1ccc(OC)cc1. The summed E-state index contributed by atoms with van der Waals surface area (Å²) in [5.74, 6) is 1.59. The molecule has 1 N–H and O–H groups in total. The number of nitrogens with zero attached hydrogens (tertiary/aromatic N) is 1. The van der Waals surface area contributed by atoms with Crippen molar-refractivity contribution in [3.63, 3.8) is 0 Å². The van der Waals surface area contributed by atoms with E-state index in [-0.39, 0.29) is 12.7 Å². The maximum atomic E-state index is 10.7. The minimum Gasteiger partial charge on any atom is -0.497 e. The molecule has 32 heavy (non-hydrogen) atoms. The molecular weight excluding hydrogens is 402 g/mol. The molecule has 0 saturated carbocycles. The van der Waals surface area contributed by atoms with Crippen LogP contribution in [0.3, 0.4) is 0 Å². The molecule has 5 heteroatoms. The van der Waals surface area contributed by atoms with Crippen molar-refractivity contribution in [3.8, 4) is 11.5 Å². The number of ether oxygens (including phenoxy) is 3. The van der Waals surface area contributed by atoms with Crippen molar-refractivity contribution in [2.24, 2.45) is 0 Å². The number of benzene rings is 3. The Labute approximate surface area is 191 Å². The third-order valence-electron chi connectivity index (χ3n) is 5.46. The molecule has 0 saturated heterocycles. The molecule has 0 heterocycles. The van der Waals surface area contributed by atoms with Gasteiger partial charge >= 0.3 is 0 Å². The summed E-state index contributed by atoms with van der Waals surface area (Å²) in [5.41, 5.74) is 3.23. The average Bonchev–Trinajstić information content (AvgIpc) is 2.85. The summed E-state index contributed by atoms with van der Waals surface area (Å²) in [4.78, 5) is 2.22. The summed E-state index contributed by atoms with van der Waals surface area (Å²) >= 11 is 0. The van der Waals surface area contributed by atoms with Crippen LogP contribution >= 0.6 is 0 Å². The standard InChI is InChI=1S/C27H33NO4/c1-4-28(18-21-8-6-5-7-9-21)19-24(29)20-32-27(22-10-14-25(30-2)15-11-22)23-12-16-26(31-3)17-13-23/h5-17,24,27,29H,4,18-20H2,1-3H3/t24-/m0/s1. The van der Waals surface area contributed by atoms with E-state index in [0.717, 1.165) is 35.7 Å². The van der Waals surface area contributed by atoms with E-state index >= 15 is 0 Å². The van der Waals surface area contributed by atoms with Crippen molar-refractivity contribution in [1.29, 1.82) is 0 Å². The highest BCUT2D eigenvalue weighted by Gasteiger charge is 2.19. The van der Waals surface area contributed by atoms with Gasteiger partial charge in [0.1, 0.15) is 17.6 Å². The Bertz CT molecular complexity index is 865. The van der Waals surface area contributed by atoms with Gasteiger partial charge in [0.2, 0.25) is 0 Å². The quantitative estimate of drug-likeness (QED) is 0.447. The molecule has 3 rings (SSSR count). The highest BCUT2D eigenvalue weighted by atomic mass is 16.5. The first-order valence-electron chi connectivity index (χ1n) is 11.0. The molecule has 0 aromatic heterocycles. The Kier molecular flexibility index (Phi) is 9.11. The summed E-state index contributed by atoms with van der Waals surface area (Å²) < 4.78 is 16.8. The monoisotopic (exact) mass is 435 g/mol. The summed E-state index contributed by atoms with van der Waals surface area (Å²) in [6, 6.07) is 26.0. The van der Waals surface area contributed by atoms with Gasteiger partial charge in [0.15, 0.2) is 0 Å². The van der Waals surface area contributed by atoms with E-state index in [1.54, 1.807) is 14.2 Å². The van der Waals surface area contributed by atoms with Crippen molar-refractivity contribution in [3.05, 3.63) is 95.6 Å². The number of aliphatic hydroxyl groups excluding tert-OH is 1. The number of hydrogen-bond donors (Lipinski definition) is 1. The Hall–Kier alpha value is -2.86. The third-order valence-corrected chi connectivity index (χ3v) is 5.46. The molecule has 0 aliphatic heterocycles. The van der Waals surface area contributed by atoms with Gasteiger partial charge in [-0.15, -0.1) is 0 Å². The van der Waals surface area contributed by atoms with Crippen molar-refractivity contribution in [2.75, 3.05) is 33.9 Å². The van der Waals surface area contributed by atoms with Crippen LogP contribution in [0.15, 0.2) is 78.9 Å². The van der Waals surface area contributed by atoms with Crippen LogP contribution in [0.4, 0.5) is 0 Å². The van der Waals surface area contributed by atoms with E-state index in [1.165, 1.54) is 5.56 Å². The van der Waals surface area contributed by atoms with Crippen LogP contribution in [-0.4, -0.2) is 50.0 Å². The molecule has 0 amide bonds. The van der Waals surface area contributed by atoms with E-state index in [0.29, 0.717) is 6.54 Å². The molecule has 0 aliphatic rings. The second-order valence-electron chi connectivity index (χ2n) is 7.73. The molecule has 0 fully saturated rings. The second kappa shape index (κ2) is 12.2. The normalized spacial score (nSPS) is 12.2. The van der Waals surface area contributed by atoms with Gasteiger partial charge < -0.3 is 19.3 Å². The average molecular weight is 436 g/mol. The fourth-order valence-electron chi connectivity index (χ4n) is 3.65. The zero-order valence-corrected chi connectivity index (χ0v) is 19.1. The van der Waals surface area contributed by atoms with Gasteiger partial charge in [-0.2, -0.15) is 0 Å². The fourth-order valence-corrected chi connectivity index (χ4v) is 3.65. The summed E-state index contributed by atoms with van der Waals surface area (Å²) in [6.07, 6.45) is -0.900. The zero-order valence-electron chi connectivity index (χ0n) is 19.1. The number of aliphatic hydroxyl groups is 1. The van der Waals surface area contributed by atoms with Gasteiger partial charge in [-0.25, -0.2) is 0 Å². The van der Waals surface area contributed by atoms with Gasteiger partial charge in [0.05, 0.1) is 26.9 Å². The van der Waals surface area contributed by atoms with Crippen molar-refractivity contribution in [2.45, 2.75) is 25.7 Å². The molecule has 0 bridgehead atoms. The van der Waals surface area contributed by atoms with Crippen LogP contribution in [-0.2, 0) is 11.3 Å². The number of rotatable bonds is 12. The number of hydrogen-bond acceptors (Lipinski definition) is 5. The molecule has 170 valence electrons. The molecular formula is C27H33NO4. The molecule has 0 aliphatic carbocycles. The Balaban J connectivity index is 1.67. The first kappa shape index (κ1) is 23.8. The Morgan fingerprint density at radius 1 is 0.781 bits per heavy atom. The lowest BCUT2D eigenvalue weighted by molar-refractivity contribution is -0.00881. The largest absolute Gasteiger partial charge is 0.497 e. The van der Waals surface area contributed by atoms with E-state index in [9.17, 15) is 5.11 Å². The molecule has 0 radical (unpaired) electrons. The van der Waals surface area contributed by atoms with Crippen LogP contribution in [0.5, 0.6) is 11.5 Å². The lowest BCUT2D eigenvalue weighted by Crippen LogP contribution is -2.34. The fraction of sp³-hybridized carbons (Fsp3) is 0.333. The highest BCUT2D eigenvalue weighted by Crippen LogP contribution is 2.29. The first-order chi connectivity index (χ1) is 15.6. The van der Waals surface area contributed by atoms with Gasteiger partial charge in [-0.05, 0) is 47.5 Å². The van der Waals surface area contributed by atoms with E-state index < -0.39 is 6.10 Å². The smallest absolute Gasteiger partial charge is 0.118 e. The van der Waals surface area contributed by atoms with Crippen LogP contribution in [0, 0.1) is 0 Å². The van der Waals surface area contributed by atoms with Crippen LogP contribution in [0.1, 0.15) is 29.7 Å². The van der Waals surface area contributed by atoms with Crippen LogP contribution in [0.2, 0.25) is 0 Å². The Morgan fingerprint density at radius 3 is 1.78 bits per heavy atom. The van der Waals surface area contributed by atoms with Gasteiger partial charge in [0, 0.05) is 13.1 Å². The van der Waals surface area contributed by atoms with Crippen molar-refractivity contribution >= 4 is 0 Å². The van der Waals surface area contributed by atoms with Crippen molar-refractivity contribution in [1.82, 2.24) is 4.90 Å². The van der Waals surface area contributed by atoms with E-state index in [2.05, 4.69) is 24.0 Å². The second-order valence-corrected chi connectivity index (χ2v) is 7.73. The molecule has 5 nitrogen and oxygen atoms in total. The Morgan fingerprint density at radius 2 is 1.31 bits per heavy atom. The van der Waals surface area contributed by atoms with Crippen LogP contribution < -0.4 is 9.47 Å². The van der Waals surface area contributed by atoms with Gasteiger partial charge in [-0.1, -0.05) is 61.5 Å². The third kappa shape index (κ3) is 6.82. The molecule has 3 aromatic rings. The van der Waals surface area contributed by atoms with Gasteiger partial charge in [0.25, 0.3) is 0 Å². The topological polar surface area (TPSA) is 51.2 Å². The predicted octanol–water partition coefficient (Wildman–Crippen LogP) is 4.69. The predicted molar refractivity (Wildman–Crippen MR) is 127 cm³/mol. The number of likely N-dealkylation sites (N-methyl/N-ethyl adjacent to an activating group) is 1. The lowest BCUT2D eigenvalue weighted by atomic mass is 10.0. The first-order valence-corrected chi connectivity index (χ1v) is 11.0. The lowest BCUT2D eigenvalue weighted by Gasteiger charge is -2.26. The summed E-state index contributed by atoms with van der Waals surface area (Å²) in [7, 11) is 3.30. The molecule has 1 atom stereocenters. The summed E-state index contributed by atoms with van der Waals surface area (Å²) in [5, 5.41) is 10.7. The number of methoxy groups -OCH3 is 2. The maximum Gasteiger partial charge on any atom is 0.118 e. The zero-order chi connectivity index (χ0) is 22.8. The van der Waals surface area contributed by atoms with Crippen molar-refractivity contribution < 1.29 is 19.3 Å². The van der Waals surface area contributed by atoms with Gasteiger partial charge in [-0.3, -0.25) is 4.90 Å². The highest BCUT2D eigenvalue weighted by molar-refractivity contribution is 5.36.